The fraction of sp³-hybridized carbons (Fsp3) is 0.429. The maximum atomic E-state index is 11.1. The van der Waals surface area contributed by atoms with Crippen LogP contribution in [-0.4, -0.2) is 35.0 Å². The molecule has 5 nitrogen and oxygen atoms in total. The van der Waals surface area contributed by atoms with E-state index >= 15 is 0 Å². The zero-order valence-corrected chi connectivity index (χ0v) is 10.7. The molecular weight excluding hydrogens is 244 g/mol. The molecule has 1 amide bonds. The molecule has 1 aliphatic heterocycles. The lowest BCUT2D eigenvalue weighted by Crippen LogP contribution is -2.21. The van der Waals surface area contributed by atoms with Gasteiger partial charge in [-0.25, -0.2) is 0 Å². The number of likely N-dealkylation sites (tertiary alicyclic amines) is 1. The van der Waals surface area contributed by atoms with Crippen LogP contribution in [0.2, 0.25) is 0 Å². The predicted octanol–water partition coefficient (Wildman–Crippen LogP) is 1.08. The van der Waals surface area contributed by atoms with Crippen molar-refractivity contribution in [2.24, 2.45) is 11.7 Å². The number of hydrogen-bond acceptors (Lipinski definition) is 3. The van der Waals surface area contributed by atoms with Crippen molar-refractivity contribution in [1.29, 1.82) is 0 Å². The van der Waals surface area contributed by atoms with Crippen LogP contribution in [0.25, 0.3) is 0 Å². The third-order valence-electron chi connectivity index (χ3n) is 3.45. The van der Waals surface area contributed by atoms with Gasteiger partial charge in [-0.15, -0.1) is 0 Å². The Balaban J connectivity index is 1.93. The molecule has 19 heavy (non-hydrogen) atoms. The SMILES string of the molecule is NC(=O)c1cccc(CN2CCC(CC(=O)O)C2)c1. The molecule has 3 N–H and O–H groups in total. The number of carbonyl (C=O) groups is 2. The average molecular weight is 262 g/mol. The molecule has 1 atom stereocenters. The number of primary amides is 1. The summed E-state index contributed by atoms with van der Waals surface area (Å²) in [6.45, 7) is 2.43. The molecule has 0 saturated carbocycles. The van der Waals surface area contributed by atoms with Crippen molar-refractivity contribution >= 4 is 11.9 Å². The Morgan fingerprint density at radius 1 is 1.42 bits per heavy atom. The van der Waals surface area contributed by atoms with Gasteiger partial charge in [0.1, 0.15) is 0 Å². The van der Waals surface area contributed by atoms with Crippen molar-refractivity contribution in [2.45, 2.75) is 19.4 Å². The maximum Gasteiger partial charge on any atom is 0.303 e. The number of carboxylic acid groups (broad SMARTS) is 1. The van der Waals surface area contributed by atoms with E-state index in [0.717, 1.165) is 31.6 Å². The molecular formula is C14H18N2O3. The number of nitrogens with two attached hydrogens (primary N) is 1. The summed E-state index contributed by atoms with van der Waals surface area (Å²) in [7, 11) is 0. The summed E-state index contributed by atoms with van der Waals surface area (Å²) in [5.74, 6) is -0.925. The number of amides is 1. The van der Waals surface area contributed by atoms with E-state index in [2.05, 4.69) is 4.90 Å². The highest BCUT2D eigenvalue weighted by Crippen LogP contribution is 2.21. The van der Waals surface area contributed by atoms with Crippen molar-refractivity contribution in [1.82, 2.24) is 4.90 Å². The van der Waals surface area contributed by atoms with Gasteiger partial charge in [0, 0.05) is 25.1 Å². The number of carboxylic acids is 1. The van der Waals surface area contributed by atoms with E-state index in [-0.39, 0.29) is 12.3 Å². The van der Waals surface area contributed by atoms with E-state index < -0.39 is 11.9 Å². The van der Waals surface area contributed by atoms with Gasteiger partial charge in [0.2, 0.25) is 5.91 Å². The second-order valence-corrected chi connectivity index (χ2v) is 5.05. The first-order valence-corrected chi connectivity index (χ1v) is 6.37. The molecule has 2 rings (SSSR count). The van der Waals surface area contributed by atoms with Gasteiger partial charge in [-0.3, -0.25) is 14.5 Å². The topological polar surface area (TPSA) is 83.6 Å². The van der Waals surface area contributed by atoms with Crippen molar-refractivity contribution < 1.29 is 14.7 Å². The number of aliphatic carboxylic acids is 1. The first-order chi connectivity index (χ1) is 9.04. The lowest BCUT2D eigenvalue weighted by molar-refractivity contribution is -0.138. The summed E-state index contributed by atoms with van der Waals surface area (Å²) in [6, 6.07) is 7.27. The highest BCUT2D eigenvalue weighted by atomic mass is 16.4. The molecule has 1 unspecified atom stereocenters. The van der Waals surface area contributed by atoms with Gasteiger partial charge in [-0.1, -0.05) is 12.1 Å². The Hall–Kier alpha value is -1.88. The number of benzene rings is 1. The van der Waals surface area contributed by atoms with Crippen LogP contribution in [0.1, 0.15) is 28.8 Å². The molecule has 5 heteroatoms. The summed E-state index contributed by atoms with van der Waals surface area (Å²) < 4.78 is 0. The third-order valence-corrected chi connectivity index (χ3v) is 3.45. The van der Waals surface area contributed by atoms with Crippen molar-refractivity contribution in [3.63, 3.8) is 0 Å². The summed E-state index contributed by atoms with van der Waals surface area (Å²) in [6.07, 6.45) is 1.15. The zero-order valence-electron chi connectivity index (χ0n) is 10.7. The van der Waals surface area contributed by atoms with Crippen molar-refractivity contribution in [3.8, 4) is 0 Å². The van der Waals surface area contributed by atoms with Gasteiger partial charge in [-0.05, 0) is 36.6 Å². The zero-order chi connectivity index (χ0) is 13.8. The molecule has 0 aromatic heterocycles. The molecule has 0 bridgehead atoms. The number of rotatable bonds is 5. The minimum atomic E-state index is -0.734. The molecule has 102 valence electrons. The molecule has 1 aliphatic rings. The Bertz CT molecular complexity index is 487. The van der Waals surface area contributed by atoms with Crippen LogP contribution in [0.3, 0.4) is 0 Å². The van der Waals surface area contributed by atoms with Crippen LogP contribution in [0.15, 0.2) is 24.3 Å². The fourth-order valence-electron chi connectivity index (χ4n) is 2.55. The molecule has 1 aromatic carbocycles. The van der Waals surface area contributed by atoms with Crippen LogP contribution in [0.4, 0.5) is 0 Å². The normalized spacial score (nSPS) is 19.5. The summed E-state index contributed by atoms with van der Waals surface area (Å²) in [5.41, 5.74) is 6.80. The lowest BCUT2D eigenvalue weighted by Gasteiger charge is -2.16. The largest absolute Gasteiger partial charge is 0.481 e. The predicted molar refractivity (Wildman–Crippen MR) is 70.6 cm³/mol. The van der Waals surface area contributed by atoms with E-state index in [1.807, 2.05) is 12.1 Å². The van der Waals surface area contributed by atoms with Gasteiger partial charge in [0.25, 0.3) is 0 Å². The molecule has 1 fully saturated rings. The van der Waals surface area contributed by atoms with Crippen LogP contribution < -0.4 is 5.73 Å². The maximum absolute atomic E-state index is 11.1. The molecule has 1 aromatic rings. The van der Waals surface area contributed by atoms with Crippen LogP contribution in [-0.2, 0) is 11.3 Å². The van der Waals surface area contributed by atoms with E-state index in [4.69, 9.17) is 10.8 Å². The van der Waals surface area contributed by atoms with Crippen LogP contribution >= 0.6 is 0 Å². The van der Waals surface area contributed by atoms with Gasteiger partial charge in [0.15, 0.2) is 0 Å². The minimum absolute atomic E-state index is 0.233. The van der Waals surface area contributed by atoms with Crippen molar-refractivity contribution in [3.05, 3.63) is 35.4 Å². The number of hydrogen-bond donors (Lipinski definition) is 2. The Kier molecular flexibility index (Phi) is 4.16. The van der Waals surface area contributed by atoms with Gasteiger partial charge < -0.3 is 10.8 Å². The van der Waals surface area contributed by atoms with E-state index in [9.17, 15) is 9.59 Å². The first-order valence-electron chi connectivity index (χ1n) is 6.37. The molecule has 1 heterocycles. The summed E-state index contributed by atoms with van der Waals surface area (Å²) in [5, 5.41) is 8.78. The second kappa shape index (κ2) is 5.84. The summed E-state index contributed by atoms with van der Waals surface area (Å²) in [4.78, 5) is 24.0. The smallest absolute Gasteiger partial charge is 0.303 e. The molecule has 0 radical (unpaired) electrons. The molecule has 1 saturated heterocycles. The Labute approximate surface area is 112 Å². The molecule has 0 aliphatic carbocycles. The fourth-order valence-corrected chi connectivity index (χ4v) is 2.55. The van der Waals surface area contributed by atoms with Crippen LogP contribution in [0.5, 0.6) is 0 Å². The van der Waals surface area contributed by atoms with Gasteiger partial charge in [0.05, 0.1) is 0 Å². The monoisotopic (exact) mass is 262 g/mol. The Morgan fingerprint density at radius 3 is 2.89 bits per heavy atom. The third kappa shape index (κ3) is 3.79. The number of nitrogens with zero attached hydrogens (tertiary/aromatic N) is 1. The van der Waals surface area contributed by atoms with E-state index in [1.165, 1.54) is 0 Å². The lowest BCUT2D eigenvalue weighted by atomic mass is 10.1. The second-order valence-electron chi connectivity index (χ2n) is 5.05. The quantitative estimate of drug-likeness (QED) is 0.831. The standard InChI is InChI=1S/C14H18N2O3/c15-14(19)12-3-1-2-10(6-12)8-16-5-4-11(9-16)7-13(17)18/h1-3,6,11H,4-5,7-9H2,(H2,15,19)(H,17,18). The molecule has 0 spiro atoms. The van der Waals surface area contributed by atoms with Crippen LogP contribution in [0, 0.1) is 5.92 Å². The van der Waals surface area contributed by atoms with E-state index in [1.54, 1.807) is 12.1 Å². The first kappa shape index (κ1) is 13.5. The average Bonchev–Trinajstić information content (AvgIpc) is 2.76. The van der Waals surface area contributed by atoms with Crippen molar-refractivity contribution in [2.75, 3.05) is 13.1 Å². The van der Waals surface area contributed by atoms with E-state index in [0.29, 0.717) is 5.56 Å². The minimum Gasteiger partial charge on any atom is -0.481 e. The highest BCUT2D eigenvalue weighted by molar-refractivity contribution is 5.92. The Morgan fingerprint density at radius 2 is 2.21 bits per heavy atom. The van der Waals surface area contributed by atoms with Gasteiger partial charge in [-0.2, -0.15) is 0 Å². The summed E-state index contributed by atoms with van der Waals surface area (Å²) >= 11 is 0. The highest BCUT2D eigenvalue weighted by Gasteiger charge is 2.24. The van der Waals surface area contributed by atoms with Gasteiger partial charge >= 0.3 is 5.97 Å². The number of carbonyl (C=O) groups excluding carboxylic acids is 1.